The van der Waals surface area contributed by atoms with Crippen molar-refractivity contribution in [2.45, 2.75) is 26.4 Å². The number of carbonyl (C=O) groups excluding carboxylic acids is 1. The van der Waals surface area contributed by atoms with Gasteiger partial charge in [-0.05, 0) is 52.1 Å². The van der Waals surface area contributed by atoms with Crippen LogP contribution in [0, 0.1) is 0 Å². The Bertz CT molecular complexity index is 1820. The van der Waals surface area contributed by atoms with E-state index in [9.17, 15) is 9.59 Å². The zero-order valence-electron chi connectivity index (χ0n) is 24.5. The SMILES string of the molecule is CN1CCN(c2ccc(Nc3nccc(-[n+]4ccc(-n5c6ccccc6c(=O)n5C(=O)OC(C)(C)C)nc4)n3)nc2)CC1. The number of para-hydroxylation sites is 1. The molecule has 0 saturated carbocycles. The zero-order chi connectivity index (χ0) is 30.1. The minimum absolute atomic E-state index is 0.359. The molecule has 0 bridgehead atoms. The van der Waals surface area contributed by atoms with Crippen LogP contribution in [0.4, 0.5) is 22.2 Å². The maximum Gasteiger partial charge on any atom is 0.437 e. The third-order valence-corrected chi connectivity index (χ3v) is 7.00. The second-order valence-electron chi connectivity index (χ2n) is 11.3. The van der Waals surface area contributed by atoms with Gasteiger partial charge in [-0.1, -0.05) is 22.1 Å². The molecule has 0 unspecified atom stereocenters. The van der Waals surface area contributed by atoms with Gasteiger partial charge in [0.15, 0.2) is 0 Å². The van der Waals surface area contributed by atoms with Gasteiger partial charge >= 0.3 is 12.0 Å². The Hall–Kier alpha value is -5.17. The summed E-state index contributed by atoms with van der Waals surface area (Å²) < 4.78 is 9.67. The molecule has 6 rings (SSSR count). The zero-order valence-corrected chi connectivity index (χ0v) is 24.5. The van der Waals surface area contributed by atoms with Crippen molar-refractivity contribution in [1.29, 1.82) is 0 Å². The van der Waals surface area contributed by atoms with Gasteiger partial charge in [0.2, 0.25) is 12.1 Å². The van der Waals surface area contributed by atoms with E-state index in [0.717, 1.165) is 36.5 Å². The number of nitrogens with one attached hydrogen (secondary N) is 1. The Morgan fingerprint density at radius 1 is 0.977 bits per heavy atom. The molecule has 1 N–H and O–H groups in total. The van der Waals surface area contributed by atoms with Gasteiger partial charge in [-0.3, -0.25) is 10.1 Å². The van der Waals surface area contributed by atoms with E-state index in [1.165, 1.54) is 4.68 Å². The molecule has 5 aromatic rings. The molecule has 13 nitrogen and oxygen atoms in total. The predicted molar refractivity (Wildman–Crippen MR) is 161 cm³/mol. The summed E-state index contributed by atoms with van der Waals surface area (Å²) in [5.41, 5.74) is 0.345. The Morgan fingerprint density at radius 2 is 1.77 bits per heavy atom. The third-order valence-electron chi connectivity index (χ3n) is 7.00. The van der Waals surface area contributed by atoms with Crippen LogP contribution in [0.5, 0.6) is 0 Å². The highest BCUT2D eigenvalue weighted by Crippen LogP contribution is 2.19. The van der Waals surface area contributed by atoms with E-state index in [2.05, 4.69) is 42.1 Å². The molecule has 220 valence electrons. The molecule has 4 aromatic heterocycles. The number of hydrogen-bond donors (Lipinski definition) is 1. The first-order chi connectivity index (χ1) is 20.7. The van der Waals surface area contributed by atoms with Crippen LogP contribution in [0.25, 0.3) is 22.5 Å². The van der Waals surface area contributed by atoms with Gasteiger partial charge in [0, 0.05) is 44.5 Å². The molecule has 1 aliphatic rings. The highest BCUT2D eigenvalue weighted by Gasteiger charge is 2.26. The first-order valence-corrected chi connectivity index (χ1v) is 14.0. The van der Waals surface area contributed by atoms with Gasteiger partial charge in [-0.2, -0.15) is 0 Å². The number of ether oxygens (including phenoxy) is 1. The first kappa shape index (κ1) is 28.0. The lowest BCUT2D eigenvalue weighted by Gasteiger charge is -2.33. The topological polar surface area (TPSA) is 127 Å². The molecule has 1 fully saturated rings. The molecule has 1 aromatic carbocycles. The normalized spacial score (nSPS) is 14.2. The number of piperazine rings is 1. The Labute approximate surface area is 248 Å². The number of aromatic nitrogens is 7. The molecular weight excluding hydrogens is 548 g/mol. The van der Waals surface area contributed by atoms with Crippen molar-refractivity contribution in [2.75, 3.05) is 43.4 Å². The summed E-state index contributed by atoms with van der Waals surface area (Å²) in [4.78, 5) is 49.0. The van der Waals surface area contributed by atoms with Crippen molar-refractivity contribution < 1.29 is 14.1 Å². The van der Waals surface area contributed by atoms with E-state index in [0.29, 0.717) is 34.3 Å². The fourth-order valence-electron chi connectivity index (χ4n) is 4.84. The van der Waals surface area contributed by atoms with E-state index in [-0.39, 0.29) is 0 Å². The second-order valence-corrected chi connectivity index (χ2v) is 11.3. The van der Waals surface area contributed by atoms with Crippen LogP contribution in [-0.2, 0) is 4.74 Å². The van der Waals surface area contributed by atoms with Gasteiger partial charge in [0.25, 0.3) is 11.4 Å². The minimum Gasteiger partial charge on any atom is -0.442 e. The lowest BCUT2D eigenvalue weighted by Crippen LogP contribution is -2.44. The summed E-state index contributed by atoms with van der Waals surface area (Å²) in [5.74, 6) is 1.93. The molecule has 1 saturated heterocycles. The number of likely N-dealkylation sites (N-methyl/N-ethyl adjacent to an activating group) is 1. The number of nitrogens with zero attached hydrogens (tertiary/aromatic N) is 9. The number of carbonyl (C=O) groups is 1. The van der Waals surface area contributed by atoms with Crippen molar-refractivity contribution in [3.05, 3.63) is 83.8 Å². The molecule has 0 aliphatic carbocycles. The summed E-state index contributed by atoms with van der Waals surface area (Å²) in [6.45, 7) is 9.24. The monoisotopic (exact) mass is 581 g/mol. The molecule has 0 atom stereocenters. The first-order valence-electron chi connectivity index (χ1n) is 14.0. The fraction of sp³-hybridized carbons (Fsp3) is 0.300. The molecule has 5 heterocycles. The van der Waals surface area contributed by atoms with Gasteiger partial charge in [-0.15, -0.1) is 4.68 Å². The van der Waals surface area contributed by atoms with Gasteiger partial charge in [0.05, 0.1) is 29.0 Å². The molecule has 0 spiro atoms. The summed E-state index contributed by atoms with van der Waals surface area (Å²) in [6.07, 6.45) is 6.02. The third kappa shape index (κ3) is 5.93. The number of benzene rings is 1. The van der Waals surface area contributed by atoms with Crippen molar-refractivity contribution >= 4 is 34.4 Å². The van der Waals surface area contributed by atoms with Crippen LogP contribution in [-0.4, -0.2) is 79.1 Å². The number of fused-ring (bicyclic) bond motifs is 1. The predicted octanol–water partition coefficient (Wildman–Crippen LogP) is 2.93. The maximum absolute atomic E-state index is 13.2. The second kappa shape index (κ2) is 11.2. The molecule has 0 amide bonds. The molecule has 43 heavy (non-hydrogen) atoms. The Morgan fingerprint density at radius 3 is 2.47 bits per heavy atom. The average molecular weight is 582 g/mol. The number of pyridine rings is 1. The van der Waals surface area contributed by atoms with E-state index in [4.69, 9.17) is 4.74 Å². The highest BCUT2D eigenvalue weighted by molar-refractivity contribution is 5.84. The Balaban J connectivity index is 1.24. The lowest BCUT2D eigenvalue weighted by molar-refractivity contribution is -0.603. The lowest BCUT2D eigenvalue weighted by atomic mass is 10.2. The number of anilines is 3. The van der Waals surface area contributed by atoms with Crippen molar-refractivity contribution in [3.63, 3.8) is 0 Å². The molecule has 1 aliphatic heterocycles. The Kier molecular flexibility index (Phi) is 7.32. The van der Waals surface area contributed by atoms with Gasteiger partial charge in [0.1, 0.15) is 11.4 Å². The van der Waals surface area contributed by atoms with Gasteiger partial charge < -0.3 is 14.5 Å². The summed E-state index contributed by atoms with van der Waals surface area (Å²) in [5, 5.41) is 3.54. The van der Waals surface area contributed by atoms with Crippen molar-refractivity contribution in [3.8, 4) is 11.6 Å². The minimum atomic E-state index is -0.788. The van der Waals surface area contributed by atoms with Crippen LogP contribution >= 0.6 is 0 Å². The van der Waals surface area contributed by atoms with Gasteiger partial charge in [-0.25, -0.2) is 24.0 Å². The average Bonchev–Trinajstić information content (AvgIpc) is 3.30. The number of rotatable bonds is 5. The quantitative estimate of drug-likeness (QED) is 0.310. The maximum atomic E-state index is 13.2. The van der Waals surface area contributed by atoms with E-state index >= 15 is 0 Å². The van der Waals surface area contributed by atoms with E-state index in [1.807, 2.05) is 18.3 Å². The van der Waals surface area contributed by atoms with Crippen LogP contribution < -0.4 is 20.3 Å². The van der Waals surface area contributed by atoms with E-state index in [1.54, 1.807) is 80.5 Å². The summed E-state index contributed by atoms with van der Waals surface area (Å²) in [6, 6.07) is 14.4. The smallest absolute Gasteiger partial charge is 0.437 e. The standard InChI is InChI=1S/C30H33N10O3/c1-30(2,3)43-29(42)40-27(41)22-7-5-6-8-23(22)39(40)25-12-14-38(20-33-25)26-11-13-31-28(35-26)34-24-10-9-21(19-32-24)37-17-15-36(4)16-18-37/h5-14,19-20H,15-18H2,1-4H3,(H,31,32,34,35)/q+1. The van der Waals surface area contributed by atoms with Crippen molar-refractivity contribution in [2.24, 2.45) is 0 Å². The fourth-order valence-corrected chi connectivity index (χ4v) is 4.84. The van der Waals surface area contributed by atoms with Crippen LogP contribution in [0.3, 0.4) is 0 Å². The highest BCUT2D eigenvalue weighted by atomic mass is 16.6. The van der Waals surface area contributed by atoms with Crippen LogP contribution in [0.1, 0.15) is 20.8 Å². The summed E-state index contributed by atoms with van der Waals surface area (Å²) >= 11 is 0. The van der Waals surface area contributed by atoms with Crippen molar-refractivity contribution in [1.82, 2.24) is 34.2 Å². The van der Waals surface area contributed by atoms with E-state index < -0.39 is 17.3 Å². The van der Waals surface area contributed by atoms with Crippen LogP contribution in [0.15, 0.2) is 78.2 Å². The molecular formula is C30H33N10O3+. The number of hydrogen-bond acceptors (Lipinski definition) is 10. The largest absolute Gasteiger partial charge is 0.442 e. The molecule has 0 radical (unpaired) electrons. The summed E-state index contributed by atoms with van der Waals surface area (Å²) in [7, 11) is 2.13. The van der Waals surface area contributed by atoms with Crippen LogP contribution in [0.2, 0.25) is 0 Å². The molecule has 13 heteroatoms.